The third-order valence-electron chi connectivity index (χ3n) is 2.78. The van der Waals surface area contributed by atoms with E-state index in [4.69, 9.17) is 9.05 Å². The second-order valence-electron chi connectivity index (χ2n) is 4.81. The number of hydrogen-bond donors (Lipinski definition) is 0. The zero-order valence-electron chi connectivity index (χ0n) is 11.7. The number of nitrogens with zero attached hydrogens (tertiary/aromatic N) is 4. The maximum Gasteiger partial charge on any atom is 0.240 e. The van der Waals surface area contributed by atoms with Crippen molar-refractivity contribution in [2.45, 2.75) is 46.2 Å². The van der Waals surface area contributed by atoms with Crippen LogP contribution >= 0.6 is 0 Å². The van der Waals surface area contributed by atoms with E-state index in [0.29, 0.717) is 19.0 Å². The number of unbranched alkanes of at least 4 members (excludes halogenated alkanes) is 1. The molecule has 0 aliphatic heterocycles. The summed E-state index contributed by atoms with van der Waals surface area (Å²) in [5.74, 6) is 2.26. The molecule has 0 amide bonds. The molecule has 0 atom stereocenters. The third-order valence-corrected chi connectivity index (χ3v) is 2.78. The third kappa shape index (κ3) is 4.17. The van der Waals surface area contributed by atoms with Gasteiger partial charge < -0.3 is 9.05 Å². The molecule has 2 rings (SSSR count). The molecule has 0 spiro atoms. The average molecular weight is 264 g/mol. The molecule has 6 heteroatoms. The van der Waals surface area contributed by atoms with Crippen molar-refractivity contribution in [3.63, 3.8) is 0 Å². The highest BCUT2D eigenvalue weighted by molar-refractivity contribution is 5.03. The van der Waals surface area contributed by atoms with Crippen LogP contribution in [0.4, 0.5) is 0 Å². The standard InChI is InChI=1S/C13H20N4O2/c1-4-5-6-12-14-13(19-16-12)9-17(3)8-11-7-10(2)18-15-11/h7H,4-6,8-9H2,1-3H3. The van der Waals surface area contributed by atoms with E-state index in [-0.39, 0.29) is 0 Å². The second kappa shape index (κ2) is 6.47. The summed E-state index contributed by atoms with van der Waals surface area (Å²) in [5.41, 5.74) is 0.908. The Hall–Kier alpha value is -1.69. The number of hydrogen-bond acceptors (Lipinski definition) is 6. The summed E-state index contributed by atoms with van der Waals surface area (Å²) in [5, 5.41) is 7.93. The average Bonchev–Trinajstić information content (AvgIpc) is 2.96. The molecule has 0 aromatic carbocycles. The first kappa shape index (κ1) is 13.7. The maximum absolute atomic E-state index is 5.23. The summed E-state index contributed by atoms with van der Waals surface area (Å²) in [7, 11) is 1.99. The van der Waals surface area contributed by atoms with Crippen LogP contribution < -0.4 is 0 Å². The Morgan fingerprint density at radius 3 is 2.74 bits per heavy atom. The van der Waals surface area contributed by atoms with Crippen molar-refractivity contribution in [3.8, 4) is 0 Å². The van der Waals surface area contributed by atoms with Crippen molar-refractivity contribution in [2.75, 3.05) is 7.05 Å². The molecular weight excluding hydrogens is 244 g/mol. The number of rotatable bonds is 7. The van der Waals surface area contributed by atoms with Gasteiger partial charge in [0.1, 0.15) is 5.76 Å². The first-order valence-electron chi connectivity index (χ1n) is 6.59. The van der Waals surface area contributed by atoms with Crippen LogP contribution in [0.5, 0.6) is 0 Å². The molecule has 19 heavy (non-hydrogen) atoms. The molecule has 104 valence electrons. The Labute approximate surface area is 112 Å². The van der Waals surface area contributed by atoms with Gasteiger partial charge in [-0.15, -0.1) is 0 Å². The lowest BCUT2D eigenvalue weighted by Crippen LogP contribution is -2.17. The number of aryl methyl sites for hydroxylation is 2. The van der Waals surface area contributed by atoms with E-state index in [1.54, 1.807) is 0 Å². The van der Waals surface area contributed by atoms with Gasteiger partial charge in [-0.3, -0.25) is 4.90 Å². The Balaban J connectivity index is 1.84. The molecule has 0 unspecified atom stereocenters. The lowest BCUT2D eigenvalue weighted by molar-refractivity contribution is 0.253. The van der Waals surface area contributed by atoms with E-state index in [1.807, 2.05) is 20.0 Å². The van der Waals surface area contributed by atoms with Gasteiger partial charge in [0.15, 0.2) is 5.82 Å². The fourth-order valence-corrected chi connectivity index (χ4v) is 1.85. The van der Waals surface area contributed by atoms with Gasteiger partial charge in [-0.05, 0) is 20.4 Å². The Morgan fingerprint density at radius 1 is 1.21 bits per heavy atom. The van der Waals surface area contributed by atoms with E-state index in [1.165, 1.54) is 0 Å². The molecular formula is C13H20N4O2. The minimum atomic E-state index is 0.616. The Kier molecular flexibility index (Phi) is 4.68. The largest absolute Gasteiger partial charge is 0.361 e. The van der Waals surface area contributed by atoms with Gasteiger partial charge in [0.25, 0.3) is 0 Å². The first-order valence-corrected chi connectivity index (χ1v) is 6.59. The minimum absolute atomic E-state index is 0.616. The monoisotopic (exact) mass is 264 g/mol. The fraction of sp³-hybridized carbons (Fsp3) is 0.615. The van der Waals surface area contributed by atoms with E-state index in [2.05, 4.69) is 27.1 Å². The van der Waals surface area contributed by atoms with Crippen LogP contribution in [-0.2, 0) is 19.5 Å². The molecule has 2 heterocycles. The fourth-order valence-electron chi connectivity index (χ4n) is 1.85. The van der Waals surface area contributed by atoms with Gasteiger partial charge in [0.05, 0.1) is 12.2 Å². The van der Waals surface area contributed by atoms with Gasteiger partial charge in [-0.2, -0.15) is 4.98 Å². The molecule has 0 saturated carbocycles. The number of aromatic nitrogens is 3. The SMILES string of the molecule is CCCCc1noc(CN(C)Cc2cc(C)on2)n1. The maximum atomic E-state index is 5.23. The van der Waals surface area contributed by atoms with Crippen LogP contribution in [0.2, 0.25) is 0 Å². The highest BCUT2D eigenvalue weighted by Crippen LogP contribution is 2.08. The topological polar surface area (TPSA) is 68.2 Å². The molecule has 0 bridgehead atoms. The molecule has 2 aromatic rings. The van der Waals surface area contributed by atoms with Gasteiger partial charge in [0.2, 0.25) is 5.89 Å². The van der Waals surface area contributed by atoms with Crippen molar-refractivity contribution < 1.29 is 9.05 Å². The van der Waals surface area contributed by atoms with E-state index in [9.17, 15) is 0 Å². The molecule has 6 nitrogen and oxygen atoms in total. The smallest absolute Gasteiger partial charge is 0.240 e. The highest BCUT2D eigenvalue weighted by atomic mass is 16.5. The molecule has 0 aliphatic rings. The van der Waals surface area contributed by atoms with Gasteiger partial charge >= 0.3 is 0 Å². The first-order chi connectivity index (χ1) is 9.17. The molecule has 0 aliphatic carbocycles. The van der Waals surface area contributed by atoms with E-state index in [0.717, 1.165) is 36.5 Å². The molecule has 0 radical (unpaired) electrons. The van der Waals surface area contributed by atoms with Gasteiger partial charge in [-0.1, -0.05) is 23.7 Å². The highest BCUT2D eigenvalue weighted by Gasteiger charge is 2.10. The van der Waals surface area contributed by atoms with E-state index >= 15 is 0 Å². The van der Waals surface area contributed by atoms with Gasteiger partial charge in [0, 0.05) is 19.0 Å². The molecule has 0 fully saturated rings. The lowest BCUT2D eigenvalue weighted by Gasteiger charge is -2.11. The van der Waals surface area contributed by atoms with Crippen LogP contribution in [-0.4, -0.2) is 27.2 Å². The quantitative estimate of drug-likeness (QED) is 0.764. The summed E-state index contributed by atoms with van der Waals surface area (Å²) in [6.07, 6.45) is 3.11. The van der Waals surface area contributed by atoms with Crippen molar-refractivity contribution in [1.82, 2.24) is 20.2 Å². The lowest BCUT2D eigenvalue weighted by atomic mass is 10.2. The minimum Gasteiger partial charge on any atom is -0.361 e. The van der Waals surface area contributed by atoms with Crippen molar-refractivity contribution in [2.24, 2.45) is 0 Å². The Morgan fingerprint density at radius 2 is 2.05 bits per heavy atom. The van der Waals surface area contributed by atoms with E-state index < -0.39 is 0 Å². The van der Waals surface area contributed by atoms with Crippen LogP contribution in [0.1, 0.15) is 42.9 Å². The Bertz CT molecular complexity index is 506. The zero-order chi connectivity index (χ0) is 13.7. The van der Waals surface area contributed by atoms with Crippen molar-refractivity contribution >= 4 is 0 Å². The summed E-state index contributed by atoms with van der Waals surface area (Å²) in [4.78, 5) is 6.44. The normalized spacial score (nSPS) is 11.4. The predicted octanol–water partition coefficient (Wildman–Crippen LogP) is 2.34. The molecule has 0 N–H and O–H groups in total. The van der Waals surface area contributed by atoms with Crippen molar-refractivity contribution in [3.05, 3.63) is 29.2 Å². The summed E-state index contributed by atoms with van der Waals surface area (Å²) < 4.78 is 10.3. The van der Waals surface area contributed by atoms with Crippen LogP contribution in [0.3, 0.4) is 0 Å². The van der Waals surface area contributed by atoms with Crippen LogP contribution in [0, 0.1) is 6.92 Å². The summed E-state index contributed by atoms with van der Waals surface area (Å²) in [6, 6.07) is 1.93. The second-order valence-corrected chi connectivity index (χ2v) is 4.81. The predicted molar refractivity (Wildman–Crippen MR) is 69.3 cm³/mol. The molecule has 2 aromatic heterocycles. The van der Waals surface area contributed by atoms with Crippen LogP contribution in [0.25, 0.3) is 0 Å². The summed E-state index contributed by atoms with van der Waals surface area (Å²) in [6.45, 7) is 5.35. The molecule has 0 saturated heterocycles. The van der Waals surface area contributed by atoms with Crippen molar-refractivity contribution in [1.29, 1.82) is 0 Å². The summed E-state index contributed by atoms with van der Waals surface area (Å²) >= 11 is 0. The zero-order valence-corrected chi connectivity index (χ0v) is 11.7. The van der Waals surface area contributed by atoms with Gasteiger partial charge in [-0.25, -0.2) is 0 Å². The van der Waals surface area contributed by atoms with Crippen LogP contribution in [0.15, 0.2) is 15.1 Å².